The minimum atomic E-state index is -0.0939. The van der Waals surface area contributed by atoms with Gasteiger partial charge in [-0.05, 0) is 30.9 Å². The molecule has 1 heterocycles. The van der Waals surface area contributed by atoms with Crippen molar-refractivity contribution in [3.63, 3.8) is 0 Å². The number of rotatable bonds is 2. The first-order valence-corrected chi connectivity index (χ1v) is 6.04. The molecule has 16 heavy (non-hydrogen) atoms. The predicted octanol–water partition coefficient (Wildman–Crippen LogP) is 3.47. The van der Waals surface area contributed by atoms with Crippen LogP contribution in [0.4, 0.5) is 0 Å². The Morgan fingerprint density at radius 2 is 1.81 bits per heavy atom. The van der Waals surface area contributed by atoms with E-state index in [0.717, 1.165) is 12.2 Å². The second-order valence-electron chi connectivity index (χ2n) is 4.77. The van der Waals surface area contributed by atoms with E-state index in [0.29, 0.717) is 11.8 Å². The maximum atomic E-state index is 5.85. The number of para-hydroxylation sites is 1. The molecule has 0 N–H and O–H groups in total. The third-order valence-electron chi connectivity index (χ3n) is 3.58. The molecule has 0 aliphatic carbocycles. The average molecular weight is 220 g/mol. The van der Waals surface area contributed by atoms with E-state index in [9.17, 15) is 0 Å². The van der Waals surface area contributed by atoms with Gasteiger partial charge in [-0.2, -0.15) is 0 Å². The van der Waals surface area contributed by atoms with Crippen LogP contribution in [0, 0.1) is 11.8 Å². The minimum absolute atomic E-state index is 0.0939. The van der Waals surface area contributed by atoms with Gasteiger partial charge in [-0.3, -0.25) is 0 Å². The Bertz CT molecular complexity index is 311. The van der Waals surface area contributed by atoms with Gasteiger partial charge in [-0.1, -0.05) is 32.0 Å². The van der Waals surface area contributed by atoms with Crippen LogP contribution < -0.4 is 4.74 Å². The topological polar surface area (TPSA) is 18.5 Å². The van der Waals surface area contributed by atoms with Crippen LogP contribution in [0.25, 0.3) is 0 Å². The Hall–Kier alpha value is -1.02. The molecule has 1 aromatic carbocycles. The smallest absolute Gasteiger partial charge is 0.200 e. The third-order valence-corrected chi connectivity index (χ3v) is 3.58. The molecule has 2 rings (SSSR count). The molecule has 0 radical (unpaired) electrons. The highest BCUT2D eigenvalue weighted by Crippen LogP contribution is 2.31. The first-order valence-electron chi connectivity index (χ1n) is 6.04. The summed E-state index contributed by atoms with van der Waals surface area (Å²) in [5, 5.41) is 0. The fraction of sp³-hybridized carbons (Fsp3) is 0.571. The van der Waals surface area contributed by atoms with Gasteiger partial charge in [-0.15, -0.1) is 0 Å². The average Bonchev–Trinajstić information content (AvgIpc) is 2.27. The van der Waals surface area contributed by atoms with Crippen molar-refractivity contribution in [2.75, 3.05) is 0 Å². The quantitative estimate of drug-likeness (QED) is 0.759. The lowest BCUT2D eigenvalue weighted by atomic mass is 9.86. The number of benzene rings is 1. The van der Waals surface area contributed by atoms with E-state index in [-0.39, 0.29) is 12.4 Å². The Labute approximate surface area is 97.6 Å². The molecule has 88 valence electrons. The van der Waals surface area contributed by atoms with Crippen LogP contribution in [0.15, 0.2) is 30.3 Å². The van der Waals surface area contributed by atoms with Crippen LogP contribution in [0.1, 0.15) is 27.2 Å². The maximum absolute atomic E-state index is 5.85. The van der Waals surface area contributed by atoms with Crippen molar-refractivity contribution < 1.29 is 9.47 Å². The molecule has 4 atom stereocenters. The van der Waals surface area contributed by atoms with Gasteiger partial charge >= 0.3 is 0 Å². The Morgan fingerprint density at radius 3 is 2.44 bits per heavy atom. The summed E-state index contributed by atoms with van der Waals surface area (Å²) >= 11 is 0. The molecule has 1 aliphatic heterocycles. The summed E-state index contributed by atoms with van der Waals surface area (Å²) in [6, 6.07) is 9.89. The van der Waals surface area contributed by atoms with Gasteiger partial charge in [0.1, 0.15) is 5.75 Å². The lowest BCUT2D eigenvalue weighted by molar-refractivity contribution is -0.175. The van der Waals surface area contributed by atoms with Crippen molar-refractivity contribution in [1.82, 2.24) is 0 Å². The molecule has 2 heteroatoms. The molecular weight excluding hydrogens is 200 g/mol. The summed E-state index contributed by atoms with van der Waals surface area (Å²) < 4.78 is 11.7. The molecular formula is C14H20O2. The van der Waals surface area contributed by atoms with Crippen molar-refractivity contribution in [1.29, 1.82) is 0 Å². The second kappa shape index (κ2) is 4.88. The first-order chi connectivity index (χ1) is 7.66. The van der Waals surface area contributed by atoms with E-state index in [1.807, 2.05) is 30.3 Å². The summed E-state index contributed by atoms with van der Waals surface area (Å²) in [6.45, 7) is 6.64. The highest BCUT2D eigenvalue weighted by Gasteiger charge is 2.31. The van der Waals surface area contributed by atoms with Gasteiger partial charge in [0.15, 0.2) is 6.29 Å². The molecule has 0 bridgehead atoms. The standard InChI is InChI=1S/C14H20O2/c1-10-9-14(15-12(3)11(10)2)16-13-7-5-4-6-8-13/h4-8,10-12,14H,9H2,1-3H3/t10-,11-,12?,14-/m1/s1. The zero-order valence-electron chi connectivity index (χ0n) is 10.2. The predicted molar refractivity (Wildman–Crippen MR) is 64.4 cm³/mol. The van der Waals surface area contributed by atoms with Gasteiger partial charge in [-0.25, -0.2) is 0 Å². The first kappa shape index (κ1) is 11.5. The lowest BCUT2D eigenvalue weighted by Crippen LogP contribution is -2.39. The van der Waals surface area contributed by atoms with E-state index in [1.54, 1.807) is 0 Å². The maximum Gasteiger partial charge on any atom is 0.200 e. The molecule has 1 aliphatic rings. The largest absolute Gasteiger partial charge is 0.465 e. The second-order valence-corrected chi connectivity index (χ2v) is 4.77. The highest BCUT2D eigenvalue weighted by atomic mass is 16.7. The molecule has 1 unspecified atom stereocenters. The summed E-state index contributed by atoms with van der Waals surface area (Å²) in [5.41, 5.74) is 0. The summed E-state index contributed by atoms with van der Waals surface area (Å²) in [7, 11) is 0. The normalized spacial score (nSPS) is 34.7. The number of hydrogen-bond donors (Lipinski definition) is 0. The van der Waals surface area contributed by atoms with Crippen LogP contribution in [-0.4, -0.2) is 12.4 Å². The van der Waals surface area contributed by atoms with Gasteiger partial charge < -0.3 is 9.47 Å². The van der Waals surface area contributed by atoms with Crippen molar-refractivity contribution in [2.45, 2.75) is 39.6 Å². The Kier molecular flexibility index (Phi) is 3.49. The lowest BCUT2D eigenvalue weighted by Gasteiger charge is -2.37. The molecule has 1 aromatic rings. The molecule has 1 saturated heterocycles. The Balaban J connectivity index is 1.97. The van der Waals surface area contributed by atoms with E-state index < -0.39 is 0 Å². The van der Waals surface area contributed by atoms with Crippen molar-refractivity contribution in [3.8, 4) is 5.75 Å². The van der Waals surface area contributed by atoms with Crippen LogP contribution >= 0.6 is 0 Å². The van der Waals surface area contributed by atoms with E-state index in [2.05, 4.69) is 20.8 Å². The van der Waals surface area contributed by atoms with Gasteiger partial charge in [0.2, 0.25) is 0 Å². The summed E-state index contributed by atoms with van der Waals surface area (Å²) in [4.78, 5) is 0. The molecule has 1 fully saturated rings. The van der Waals surface area contributed by atoms with Gasteiger partial charge in [0, 0.05) is 6.42 Å². The SMILES string of the molecule is CC1O[C@H](Oc2ccccc2)C[C@@H](C)[C@H]1C. The van der Waals surface area contributed by atoms with E-state index >= 15 is 0 Å². The van der Waals surface area contributed by atoms with E-state index in [1.165, 1.54) is 0 Å². The number of ether oxygens (including phenoxy) is 2. The fourth-order valence-electron chi connectivity index (χ4n) is 2.13. The molecule has 0 spiro atoms. The zero-order chi connectivity index (χ0) is 11.5. The summed E-state index contributed by atoms with van der Waals surface area (Å²) in [5.74, 6) is 2.15. The third kappa shape index (κ3) is 2.56. The summed E-state index contributed by atoms with van der Waals surface area (Å²) in [6.07, 6.45) is 1.15. The molecule has 0 saturated carbocycles. The fourth-order valence-corrected chi connectivity index (χ4v) is 2.13. The van der Waals surface area contributed by atoms with Crippen LogP contribution in [0.2, 0.25) is 0 Å². The van der Waals surface area contributed by atoms with Crippen LogP contribution in [0.3, 0.4) is 0 Å². The van der Waals surface area contributed by atoms with Gasteiger partial charge in [0.25, 0.3) is 0 Å². The van der Waals surface area contributed by atoms with Crippen molar-refractivity contribution in [3.05, 3.63) is 30.3 Å². The van der Waals surface area contributed by atoms with Gasteiger partial charge in [0.05, 0.1) is 6.10 Å². The van der Waals surface area contributed by atoms with Crippen LogP contribution in [-0.2, 0) is 4.74 Å². The van der Waals surface area contributed by atoms with Crippen LogP contribution in [0.5, 0.6) is 5.75 Å². The van der Waals surface area contributed by atoms with Crippen molar-refractivity contribution in [2.24, 2.45) is 11.8 Å². The van der Waals surface area contributed by atoms with E-state index in [4.69, 9.17) is 9.47 Å². The number of hydrogen-bond acceptors (Lipinski definition) is 2. The van der Waals surface area contributed by atoms with Crippen molar-refractivity contribution >= 4 is 0 Å². The monoisotopic (exact) mass is 220 g/mol. The molecule has 0 aromatic heterocycles. The zero-order valence-corrected chi connectivity index (χ0v) is 10.2. The molecule has 0 amide bonds. The highest BCUT2D eigenvalue weighted by molar-refractivity contribution is 5.21. The molecule has 2 nitrogen and oxygen atoms in total. The Morgan fingerprint density at radius 1 is 1.12 bits per heavy atom. The minimum Gasteiger partial charge on any atom is -0.465 e.